The molecule has 0 bridgehead atoms. The van der Waals surface area contributed by atoms with Gasteiger partial charge in [-0.15, -0.1) is 0 Å². The minimum Gasteiger partial charge on any atom is -0.436 e. The Morgan fingerprint density at radius 2 is 1.78 bits per heavy atom. The second kappa shape index (κ2) is 9.67. The second-order valence-electron chi connectivity index (χ2n) is 10.7. The number of fused-ring (bicyclic) bond motifs is 2. The van der Waals surface area contributed by atoms with Crippen molar-refractivity contribution in [2.75, 3.05) is 26.2 Å². The molecule has 203 valence electrons. The molecule has 0 aliphatic carbocycles. The van der Waals surface area contributed by atoms with Gasteiger partial charge >= 0.3 is 0 Å². The average Bonchev–Trinajstić information content (AvgIpc) is 3.76. The molecule has 1 N–H and O–H groups in total. The third-order valence-electron chi connectivity index (χ3n) is 8.25. The number of carbonyl (C=O) groups excluding carboxylic acids is 1. The number of nitrogens with one attached hydrogen (secondary N) is 1. The van der Waals surface area contributed by atoms with Crippen LogP contribution in [0.3, 0.4) is 0 Å². The summed E-state index contributed by atoms with van der Waals surface area (Å²) in [6.07, 6.45) is 9.32. The molecule has 10 heteroatoms. The van der Waals surface area contributed by atoms with E-state index in [1.807, 2.05) is 76.6 Å². The minimum atomic E-state index is 0.0775. The topological polar surface area (TPSA) is 109 Å². The number of amides is 1. The normalized spacial score (nSPS) is 16.9. The van der Waals surface area contributed by atoms with E-state index < -0.39 is 0 Å². The highest BCUT2D eigenvalue weighted by atomic mass is 16.3. The molecule has 1 amide bonds. The molecule has 2 saturated heterocycles. The van der Waals surface area contributed by atoms with Crippen LogP contribution < -0.4 is 0 Å². The summed E-state index contributed by atoms with van der Waals surface area (Å²) in [4.78, 5) is 34.1. The summed E-state index contributed by atoms with van der Waals surface area (Å²) in [7, 11) is 0. The fraction of sp³-hybridized carbons (Fsp3) is 0.226. The van der Waals surface area contributed by atoms with Gasteiger partial charge in [0.2, 0.25) is 5.89 Å². The van der Waals surface area contributed by atoms with Crippen molar-refractivity contribution in [1.82, 2.24) is 39.5 Å². The van der Waals surface area contributed by atoms with Gasteiger partial charge in [0, 0.05) is 66.7 Å². The van der Waals surface area contributed by atoms with Gasteiger partial charge in [0.25, 0.3) is 5.91 Å². The van der Waals surface area contributed by atoms with E-state index in [1.165, 1.54) is 6.04 Å². The van der Waals surface area contributed by atoms with Crippen LogP contribution in [-0.2, 0) is 0 Å². The SMILES string of the molecule is O=C(c1ccc(-c2nc3ccccc3o2)cc1)N1CCC(N2C[C](n3cc(-c4ncnc5[nH]ccc45)cn3)C2)CC1. The molecular weight excluding hydrogens is 516 g/mol. The van der Waals surface area contributed by atoms with Gasteiger partial charge < -0.3 is 14.3 Å². The van der Waals surface area contributed by atoms with Gasteiger partial charge in [0.05, 0.1) is 11.9 Å². The number of benzene rings is 2. The van der Waals surface area contributed by atoms with Gasteiger partial charge in [0.1, 0.15) is 23.5 Å². The van der Waals surface area contributed by atoms with E-state index in [0.717, 1.165) is 78.0 Å². The Balaban J connectivity index is 0.860. The number of nitrogens with zero attached hydrogens (tertiary/aromatic N) is 7. The first kappa shape index (κ1) is 24.0. The van der Waals surface area contributed by atoms with Crippen molar-refractivity contribution in [2.45, 2.75) is 18.9 Å². The van der Waals surface area contributed by atoms with Crippen LogP contribution in [0.2, 0.25) is 0 Å². The molecule has 1 radical (unpaired) electrons. The number of hydrogen-bond acceptors (Lipinski definition) is 7. The number of carbonyl (C=O) groups is 1. The Bertz CT molecular complexity index is 1820. The Morgan fingerprint density at radius 3 is 2.61 bits per heavy atom. The Morgan fingerprint density at radius 1 is 0.951 bits per heavy atom. The van der Waals surface area contributed by atoms with Crippen molar-refractivity contribution in [1.29, 1.82) is 0 Å². The lowest BCUT2D eigenvalue weighted by molar-refractivity contribution is 0.0515. The van der Waals surface area contributed by atoms with E-state index in [4.69, 9.17) is 4.42 Å². The van der Waals surface area contributed by atoms with Gasteiger partial charge in [0.15, 0.2) is 5.58 Å². The van der Waals surface area contributed by atoms with Crippen LogP contribution in [0.1, 0.15) is 23.2 Å². The van der Waals surface area contributed by atoms with E-state index in [0.29, 0.717) is 17.5 Å². The van der Waals surface area contributed by atoms with Crippen molar-refractivity contribution in [3.05, 3.63) is 91.1 Å². The first-order valence-electron chi connectivity index (χ1n) is 13.9. The number of rotatable bonds is 5. The number of aromatic amines is 1. The maximum atomic E-state index is 13.2. The molecule has 41 heavy (non-hydrogen) atoms. The number of hydrogen-bond donors (Lipinski definition) is 1. The predicted molar refractivity (Wildman–Crippen MR) is 154 cm³/mol. The molecule has 0 atom stereocenters. The Hall–Kier alpha value is -4.83. The number of oxazole rings is 1. The smallest absolute Gasteiger partial charge is 0.253 e. The number of H-pyrrole nitrogens is 1. The first-order valence-corrected chi connectivity index (χ1v) is 13.9. The van der Waals surface area contributed by atoms with Crippen molar-refractivity contribution < 1.29 is 9.21 Å². The quantitative estimate of drug-likeness (QED) is 0.338. The van der Waals surface area contributed by atoms with Crippen molar-refractivity contribution in [3.63, 3.8) is 0 Å². The molecule has 0 spiro atoms. The lowest BCUT2D eigenvalue weighted by Crippen LogP contribution is -2.56. The Labute approximate surface area is 235 Å². The maximum absolute atomic E-state index is 13.2. The number of para-hydroxylation sites is 2. The molecular formula is C31H27N8O2. The summed E-state index contributed by atoms with van der Waals surface area (Å²) < 4.78 is 7.85. The van der Waals surface area contributed by atoms with Crippen LogP contribution >= 0.6 is 0 Å². The van der Waals surface area contributed by atoms with E-state index >= 15 is 0 Å². The number of piperidine rings is 1. The summed E-state index contributed by atoms with van der Waals surface area (Å²) in [6.45, 7) is 3.30. The molecule has 2 fully saturated rings. The lowest BCUT2D eigenvalue weighted by atomic mass is 9.97. The summed E-state index contributed by atoms with van der Waals surface area (Å²) >= 11 is 0. The van der Waals surface area contributed by atoms with Crippen molar-refractivity contribution in [2.24, 2.45) is 0 Å². The molecule has 2 aromatic carbocycles. The largest absolute Gasteiger partial charge is 0.436 e. The van der Waals surface area contributed by atoms with Crippen LogP contribution in [0.25, 0.3) is 44.8 Å². The third-order valence-corrected chi connectivity index (χ3v) is 8.25. The third kappa shape index (κ3) is 4.27. The zero-order chi connectivity index (χ0) is 27.3. The molecule has 2 aliphatic rings. The van der Waals surface area contributed by atoms with E-state index in [-0.39, 0.29) is 5.91 Å². The van der Waals surface area contributed by atoms with Gasteiger partial charge in [-0.25, -0.2) is 15.0 Å². The van der Waals surface area contributed by atoms with E-state index in [2.05, 4.69) is 36.1 Å². The van der Waals surface area contributed by atoms with Gasteiger partial charge in [-0.2, -0.15) is 5.10 Å². The monoisotopic (exact) mass is 543 g/mol. The summed E-state index contributed by atoms with van der Waals surface area (Å²) in [5, 5.41) is 5.60. The molecule has 8 rings (SSSR count). The highest BCUT2D eigenvalue weighted by Gasteiger charge is 2.37. The van der Waals surface area contributed by atoms with Crippen LogP contribution in [0.4, 0.5) is 0 Å². The van der Waals surface area contributed by atoms with Crippen LogP contribution in [0, 0.1) is 6.04 Å². The maximum Gasteiger partial charge on any atom is 0.253 e. The molecule has 10 nitrogen and oxygen atoms in total. The van der Waals surface area contributed by atoms with E-state index in [1.54, 1.807) is 6.33 Å². The fourth-order valence-corrected chi connectivity index (χ4v) is 5.91. The fourth-order valence-electron chi connectivity index (χ4n) is 5.91. The zero-order valence-corrected chi connectivity index (χ0v) is 22.3. The average molecular weight is 544 g/mol. The van der Waals surface area contributed by atoms with Gasteiger partial charge in [-0.3, -0.25) is 14.4 Å². The molecule has 0 unspecified atom stereocenters. The highest BCUT2D eigenvalue weighted by Crippen LogP contribution is 2.31. The molecule has 6 aromatic rings. The van der Waals surface area contributed by atoms with Crippen LogP contribution in [0.5, 0.6) is 0 Å². The van der Waals surface area contributed by atoms with Crippen LogP contribution in [-0.4, -0.2) is 77.6 Å². The molecule has 6 heterocycles. The summed E-state index contributed by atoms with van der Waals surface area (Å²) in [6, 6.07) is 19.0. The molecule has 4 aromatic heterocycles. The van der Waals surface area contributed by atoms with E-state index in [9.17, 15) is 4.79 Å². The summed E-state index contributed by atoms with van der Waals surface area (Å²) in [5.41, 5.74) is 5.83. The zero-order valence-electron chi connectivity index (χ0n) is 22.3. The number of likely N-dealkylation sites (tertiary alicyclic amines) is 2. The van der Waals surface area contributed by atoms with Crippen molar-refractivity contribution >= 4 is 28.0 Å². The van der Waals surface area contributed by atoms with Crippen molar-refractivity contribution in [3.8, 4) is 22.7 Å². The van der Waals surface area contributed by atoms with Gasteiger partial charge in [-0.1, -0.05) is 12.1 Å². The predicted octanol–water partition coefficient (Wildman–Crippen LogP) is 4.63. The first-order chi connectivity index (χ1) is 20.2. The minimum absolute atomic E-state index is 0.0775. The Kier molecular flexibility index (Phi) is 5.66. The molecule has 0 saturated carbocycles. The number of aromatic nitrogens is 6. The lowest BCUT2D eigenvalue weighted by Gasteiger charge is -2.46. The van der Waals surface area contributed by atoms with Gasteiger partial charge in [-0.05, 0) is 55.3 Å². The summed E-state index contributed by atoms with van der Waals surface area (Å²) in [5.74, 6) is 0.642. The molecule has 2 aliphatic heterocycles. The van der Waals surface area contributed by atoms with Crippen LogP contribution in [0.15, 0.2) is 83.9 Å². The second-order valence-corrected chi connectivity index (χ2v) is 10.7. The standard InChI is InChI=1S/C31H27N8O2/c40-31(21-7-5-20(6-8-21)30-36-26-3-1-2-4-27(26)41-30)37-13-10-23(11-14-37)38-17-24(18-38)39-16-22(15-35-39)28-25-9-12-32-29(25)34-19-33-28/h1-9,12,15-16,19,23H,10-11,13-14,17-18H2,(H,32,33,34). The highest BCUT2D eigenvalue weighted by molar-refractivity contribution is 5.94.